The molecule has 6 nitrogen and oxygen atoms in total. The number of nitro benzene ring substituents is 1. The third kappa shape index (κ3) is 4.14. The zero-order valence-electron chi connectivity index (χ0n) is 11.4. The number of benzene rings is 1. The van der Waals surface area contributed by atoms with Gasteiger partial charge in [-0.1, -0.05) is 23.7 Å². The highest BCUT2D eigenvalue weighted by Crippen LogP contribution is 2.24. The first-order chi connectivity index (χ1) is 10.1. The Morgan fingerprint density at radius 2 is 2.00 bits per heavy atom. The summed E-state index contributed by atoms with van der Waals surface area (Å²) in [5.74, 6) is 0.562. The number of hydrogen-bond acceptors (Lipinski definition) is 5. The molecule has 0 bridgehead atoms. The third-order valence-electron chi connectivity index (χ3n) is 2.87. The van der Waals surface area contributed by atoms with E-state index in [0.29, 0.717) is 19.0 Å². The average molecular weight is 308 g/mol. The maximum Gasteiger partial charge on any atom is 0.288 e. The lowest BCUT2D eigenvalue weighted by Crippen LogP contribution is -2.13. The maximum atomic E-state index is 10.8. The summed E-state index contributed by atoms with van der Waals surface area (Å²) >= 11 is 5.77. The number of aromatic nitrogens is 1. The van der Waals surface area contributed by atoms with Crippen LogP contribution in [0.4, 0.5) is 5.69 Å². The van der Waals surface area contributed by atoms with Crippen LogP contribution in [-0.4, -0.2) is 17.0 Å². The lowest BCUT2D eigenvalue weighted by molar-refractivity contribution is -0.384. The van der Waals surface area contributed by atoms with Crippen LogP contribution in [0.2, 0.25) is 5.02 Å². The van der Waals surface area contributed by atoms with Crippen molar-refractivity contribution in [2.75, 3.05) is 7.11 Å². The Balaban J connectivity index is 1.93. The van der Waals surface area contributed by atoms with Crippen molar-refractivity contribution in [2.45, 2.75) is 13.1 Å². The molecule has 1 N–H and O–H groups in total. The van der Waals surface area contributed by atoms with Crippen LogP contribution < -0.4 is 10.1 Å². The van der Waals surface area contributed by atoms with E-state index in [4.69, 9.17) is 16.3 Å². The fourth-order valence-electron chi connectivity index (χ4n) is 1.80. The molecule has 0 aliphatic heterocycles. The van der Waals surface area contributed by atoms with E-state index in [0.717, 1.165) is 11.1 Å². The highest BCUT2D eigenvalue weighted by molar-refractivity contribution is 6.32. The summed E-state index contributed by atoms with van der Waals surface area (Å²) in [4.78, 5) is 14.4. The van der Waals surface area contributed by atoms with Crippen molar-refractivity contribution in [3.63, 3.8) is 0 Å². The number of halogens is 1. The molecule has 2 aromatic rings. The van der Waals surface area contributed by atoms with Gasteiger partial charge in [-0.25, -0.2) is 4.98 Å². The molecule has 0 fully saturated rings. The molecule has 0 amide bonds. The van der Waals surface area contributed by atoms with E-state index in [1.165, 1.54) is 12.1 Å². The smallest absolute Gasteiger partial charge is 0.288 e. The Bertz CT molecular complexity index is 632. The first-order valence-electron chi connectivity index (χ1n) is 6.22. The Labute approximate surface area is 126 Å². The maximum absolute atomic E-state index is 10.8. The summed E-state index contributed by atoms with van der Waals surface area (Å²) in [5.41, 5.74) is 1.72. The van der Waals surface area contributed by atoms with Crippen molar-refractivity contribution in [1.82, 2.24) is 10.3 Å². The second kappa shape index (κ2) is 7.01. The number of pyridine rings is 1. The quantitative estimate of drug-likeness (QED) is 0.656. The van der Waals surface area contributed by atoms with Gasteiger partial charge in [0.05, 0.1) is 12.0 Å². The van der Waals surface area contributed by atoms with Crippen LogP contribution in [0, 0.1) is 10.1 Å². The van der Waals surface area contributed by atoms with E-state index < -0.39 is 4.92 Å². The molecular weight excluding hydrogens is 294 g/mol. The van der Waals surface area contributed by atoms with Crippen molar-refractivity contribution in [1.29, 1.82) is 0 Å². The van der Waals surface area contributed by atoms with Crippen molar-refractivity contribution in [2.24, 2.45) is 0 Å². The van der Waals surface area contributed by atoms with Gasteiger partial charge in [0.25, 0.3) is 5.69 Å². The standard InChI is InChI=1S/C14H14ClN3O3/c1-21-14-5-3-11(9-17-14)8-16-7-10-2-4-12(15)13(6-10)18(19)20/h2-6,9,16H,7-8H2,1H3. The van der Waals surface area contributed by atoms with Crippen molar-refractivity contribution >= 4 is 17.3 Å². The summed E-state index contributed by atoms with van der Waals surface area (Å²) in [5, 5.41) is 14.1. The van der Waals surface area contributed by atoms with Crippen LogP contribution in [0.1, 0.15) is 11.1 Å². The molecule has 1 heterocycles. The predicted octanol–water partition coefficient (Wildman–Crippen LogP) is 2.94. The largest absolute Gasteiger partial charge is 0.481 e. The summed E-state index contributed by atoms with van der Waals surface area (Å²) < 4.78 is 4.98. The molecule has 0 saturated carbocycles. The molecular formula is C14H14ClN3O3. The van der Waals surface area contributed by atoms with Crippen LogP contribution in [0.3, 0.4) is 0 Å². The minimum atomic E-state index is -0.487. The highest BCUT2D eigenvalue weighted by Gasteiger charge is 2.12. The number of nitrogens with zero attached hydrogens (tertiary/aromatic N) is 2. The molecule has 1 aromatic heterocycles. The number of hydrogen-bond donors (Lipinski definition) is 1. The molecule has 0 aliphatic rings. The first kappa shape index (κ1) is 15.2. The van der Waals surface area contributed by atoms with Gasteiger partial charge in [0.1, 0.15) is 5.02 Å². The van der Waals surface area contributed by atoms with Gasteiger partial charge < -0.3 is 10.1 Å². The molecule has 0 aliphatic carbocycles. The molecule has 21 heavy (non-hydrogen) atoms. The second-order valence-corrected chi connectivity index (χ2v) is 4.76. The van der Waals surface area contributed by atoms with Gasteiger partial charge in [-0.05, 0) is 17.2 Å². The average Bonchev–Trinajstić information content (AvgIpc) is 2.49. The SMILES string of the molecule is COc1ccc(CNCc2ccc(Cl)c([N+](=O)[O-])c2)cn1. The Morgan fingerprint density at radius 3 is 2.62 bits per heavy atom. The second-order valence-electron chi connectivity index (χ2n) is 4.36. The van der Waals surface area contributed by atoms with Gasteiger partial charge in [-0.15, -0.1) is 0 Å². The summed E-state index contributed by atoms with van der Waals surface area (Å²) in [6, 6.07) is 8.45. The van der Waals surface area contributed by atoms with E-state index in [2.05, 4.69) is 10.3 Å². The van der Waals surface area contributed by atoms with Gasteiger partial charge in [0, 0.05) is 31.4 Å². The van der Waals surface area contributed by atoms with Gasteiger partial charge >= 0.3 is 0 Å². The van der Waals surface area contributed by atoms with Crippen molar-refractivity contribution in [3.05, 3.63) is 62.8 Å². The van der Waals surface area contributed by atoms with E-state index >= 15 is 0 Å². The summed E-state index contributed by atoms with van der Waals surface area (Å²) in [6.45, 7) is 1.11. The van der Waals surface area contributed by atoms with E-state index in [-0.39, 0.29) is 10.7 Å². The number of rotatable bonds is 6. The van der Waals surface area contributed by atoms with Gasteiger partial charge in [-0.3, -0.25) is 10.1 Å². The fourth-order valence-corrected chi connectivity index (χ4v) is 1.98. The molecule has 110 valence electrons. The molecule has 0 saturated heterocycles. The van der Waals surface area contributed by atoms with Crippen LogP contribution in [-0.2, 0) is 13.1 Å². The lowest BCUT2D eigenvalue weighted by Gasteiger charge is -2.06. The highest BCUT2D eigenvalue weighted by atomic mass is 35.5. The molecule has 0 spiro atoms. The number of nitro groups is 1. The predicted molar refractivity (Wildman–Crippen MR) is 79.4 cm³/mol. The number of ether oxygens (including phenoxy) is 1. The minimum absolute atomic E-state index is 0.0814. The minimum Gasteiger partial charge on any atom is -0.481 e. The van der Waals surface area contributed by atoms with E-state index in [1.54, 1.807) is 25.4 Å². The fraction of sp³-hybridized carbons (Fsp3) is 0.214. The Hall–Kier alpha value is -2.18. The number of nitrogens with one attached hydrogen (secondary N) is 1. The molecule has 0 radical (unpaired) electrons. The monoisotopic (exact) mass is 307 g/mol. The topological polar surface area (TPSA) is 77.3 Å². The molecule has 0 atom stereocenters. The zero-order chi connectivity index (χ0) is 15.2. The van der Waals surface area contributed by atoms with Crippen LogP contribution in [0.15, 0.2) is 36.5 Å². The molecule has 0 unspecified atom stereocenters. The first-order valence-corrected chi connectivity index (χ1v) is 6.60. The van der Waals surface area contributed by atoms with Gasteiger partial charge in [0.2, 0.25) is 5.88 Å². The van der Waals surface area contributed by atoms with Crippen LogP contribution in [0.5, 0.6) is 5.88 Å². The Morgan fingerprint density at radius 1 is 1.29 bits per heavy atom. The van der Waals surface area contributed by atoms with Crippen molar-refractivity contribution in [3.8, 4) is 5.88 Å². The summed E-state index contributed by atoms with van der Waals surface area (Å²) in [7, 11) is 1.56. The van der Waals surface area contributed by atoms with E-state index in [1.807, 2.05) is 6.07 Å². The zero-order valence-corrected chi connectivity index (χ0v) is 12.1. The van der Waals surface area contributed by atoms with Gasteiger partial charge in [-0.2, -0.15) is 0 Å². The number of methoxy groups -OCH3 is 1. The molecule has 2 rings (SSSR count). The van der Waals surface area contributed by atoms with Crippen molar-refractivity contribution < 1.29 is 9.66 Å². The van der Waals surface area contributed by atoms with E-state index in [9.17, 15) is 10.1 Å². The Kier molecular flexibility index (Phi) is 5.08. The van der Waals surface area contributed by atoms with Crippen LogP contribution in [0.25, 0.3) is 0 Å². The van der Waals surface area contributed by atoms with Crippen LogP contribution >= 0.6 is 11.6 Å². The summed E-state index contributed by atoms with van der Waals surface area (Å²) in [6.07, 6.45) is 1.72. The van der Waals surface area contributed by atoms with Gasteiger partial charge in [0.15, 0.2) is 0 Å². The lowest BCUT2D eigenvalue weighted by atomic mass is 10.2. The molecule has 1 aromatic carbocycles. The third-order valence-corrected chi connectivity index (χ3v) is 3.19. The normalized spacial score (nSPS) is 10.4. The molecule has 7 heteroatoms.